The minimum Gasteiger partial charge on any atom is -0.377 e. The number of methoxy groups -OCH3 is 1. The zero-order chi connectivity index (χ0) is 11.3. The molecule has 0 spiro atoms. The Labute approximate surface area is 96.8 Å². The lowest BCUT2D eigenvalue weighted by Crippen LogP contribution is -2.16. The maximum atomic E-state index is 11.5. The van der Waals surface area contributed by atoms with E-state index >= 15 is 0 Å². The van der Waals surface area contributed by atoms with E-state index in [0.29, 0.717) is 5.56 Å². The van der Waals surface area contributed by atoms with E-state index in [0.717, 1.165) is 4.47 Å². The van der Waals surface area contributed by atoms with Crippen LogP contribution in [0.1, 0.15) is 11.5 Å². The summed E-state index contributed by atoms with van der Waals surface area (Å²) in [4.78, 5) is 11.5. The summed E-state index contributed by atoms with van der Waals surface area (Å²) in [7, 11) is 1.44. The molecule has 1 aromatic carbocycles. The van der Waals surface area contributed by atoms with Gasteiger partial charge < -0.3 is 4.74 Å². The number of halogens is 1. The Hall–Kier alpha value is -1.18. The van der Waals surface area contributed by atoms with Crippen LogP contribution >= 0.6 is 15.9 Å². The molecule has 1 unspecified atom stereocenters. The van der Waals surface area contributed by atoms with Crippen molar-refractivity contribution >= 4 is 21.7 Å². The normalized spacial score (nSPS) is 11.8. The average molecular weight is 268 g/mol. The van der Waals surface area contributed by atoms with Gasteiger partial charge in [0.1, 0.15) is 12.5 Å². The molecule has 0 fully saturated rings. The van der Waals surface area contributed by atoms with Crippen LogP contribution in [-0.4, -0.2) is 19.5 Å². The summed E-state index contributed by atoms with van der Waals surface area (Å²) in [5, 5.41) is 8.91. The second-order valence-corrected chi connectivity index (χ2v) is 3.93. The first-order chi connectivity index (χ1) is 7.19. The van der Waals surface area contributed by atoms with Crippen molar-refractivity contribution in [1.29, 1.82) is 5.26 Å². The van der Waals surface area contributed by atoms with E-state index in [1.807, 2.05) is 6.07 Å². The summed E-state index contributed by atoms with van der Waals surface area (Å²) in [5.74, 6) is -0.958. The van der Waals surface area contributed by atoms with Crippen molar-refractivity contribution in [3.8, 4) is 6.07 Å². The highest BCUT2D eigenvalue weighted by Crippen LogP contribution is 2.19. The zero-order valence-corrected chi connectivity index (χ0v) is 9.82. The number of benzene rings is 1. The molecule has 0 bridgehead atoms. The van der Waals surface area contributed by atoms with Crippen LogP contribution in [0.25, 0.3) is 0 Å². The standard InChI is InChI=1S/C11H10BrNO2/c1-15-7-11(14)10(6-13)8-2-4-9(12)5-3-8/h2-5,10H,7H2,1H3. The smallest absolute Gasteiger partial charge is 0.179 e. The number of nitrogens with zero attached hydrogens (tertiary/aromatic N) is 1. The van der Waals surface area contributed by atoms with Crippen molar-refractivity contribution < 1.29 is 9.53 Å². The van der Waals surface area contributed by atoms with Crippen LogP contribution in [0.4, 0.5) is 0 Å². The molecular formula is C11H10BrNO2. The fourth-order valence-corrected chi connectivity index (χ4v) is 1.48. The summed E-state index contributed by atoms with van der Waals surface area (Å²) >= 11 is 3.29. The summed E-state index contributed by atoms with van der Waals surface area (Å²) in [5.41, 5.74) is 0.697. The van der Waals surface area contributed by atoms with Crippen LogP contribution in [0.2, 0.25) is 0 Å². The van der Waals surface area contributed by atoms with Gasteiger partial charge in [-0.05, 0) is 17.7 Å². The number of carbonyl (C=O) groups is 1. The number of rotatable bonds is 4. The van der Waals surface area contributed by atoms with Crippen molar-refractivity contribution in [2.45, 2.75) is 5.92 Å². The van der Waals surface area contributed by atoms with Gasteiger partial charge in [0, 0.05) is 11.6 Å². The lowest BCUT2D eigenvalue weighted by Gasteiger charge is -2.07. The van der Waals surface area contributed by atoms with Gasteiger partial charge in [-0.15, -0.1) is 0 Å². The summed E-state index contributed by atoms with van der Waals surface area (Å²) in [6.07, 6.45) is 0. The molecule has 0 amide bonds. The molecule has 0 N–H and O–H groups in total. The molecule has 4 heteroatoms. The number of ether oxygens (including phenoxy) is 1. The van der Waals surface area contributed by atoms with Gasteiger partial charge in [0.2, 0.25) is 0 Å². The van der Waals surface area contributed by atoms with Gasteiger partial charge in [0.25, 0.3) is 0 Å². The molecule has 1 rings (SSSR count). The Morgan fingerprint density at radius 2 is 2.13 bits per heavy atom. The number of nitriles is 1. The van der Waals surface area contributed by atoms with Crippen molar-refractivity contribution in [2.24, 2.45) is 0 Å². The van der Waals surface area contributed by atoms with Gasteiger partial charge >= 0.3 is 0 Å². The number of hydrogen-bond donors (Lipinski definition) is 0. The van der Waals surface area contributed by atoms with Gasteiger partial charge in [-0.2, -0.15) is 5.26 Å². The third-order valence-corrected chi connectivity index (χ3v) is 2.47. The van der Waals surface area contributed by atoms with Crippen LogP contribution in [0.3, 0.4) is 0 Å². The summed E-state index contributed by atoms with van der Waals surface area (Å²) < 4.78 is 5.64. The van der Waals surface area contributed by atoms with Crippen LogP contribution < -0.4 is 0 Å². The third kappa shape index (κ3) is 3.15. The van der Waals surface area contributed by atoms with E-state index in [1.165, 1.54) is 7.11 Å². The number of carbonyl (C=O) groups excluding carboxylic acids is 1. The Kier molecular flexibility index (Phi) is 4.47. The van der Waals surface area contributed by atoms with Gasteiger partial charge in [-0.3, -0.25) is 4.79 Å². The first-order valence-corrected chi connectivity index (χ1v) is 5.15. The number of ketones is 1. The molecule has 1 aromatic rings. The number of Topliss-reactive ketones (excluding diaryl/α,β-unsaturated/α-hetero) is 1. The maximum absolute atomic E-state index is 11.5. The van der Waals surface area contributed by atoms with Crippen LogP contribution in [0.15, 0.2) is 28.7 Å². The quantitative estimate of drug-likeness (QED) is 0.841. The van der Waals surface area contributed by atoms with Gasteiger partial charge in [0.05, 0.1) is 6.07 Å². The van der Waals surface area contributed by atoms with Crippen LogP contribution in [0.5, 0.6) is 0 Å². The Morgan fingerprint density at radius 1 is 1.53 bits per heavy atom. The Morgan fingerprint density at radius 3 is 2.60 bits per heavy atom. The van der Waals surface area contributed by atoms with Gasteiger partial charge in [0.15, 0.2) is 5.78 Å². The van der Waals surface area contributed by atoms with E-state index in [-0.39, 0.29) is 12.4 Å². The van der Waals surface area contributed by atoms with Crippen molar-refractivity contribution in [1.82, 2.24) is 0 Å². The molecular weight excluding hydrogens is 258 g/mol. The van der Waals surface area contributed by atoms with Crippen molar-refractivity contribution in [3.05, 3.63) is 34.3 Å². The summed E-state index contributed by atoms with van der Waals surface area (Å²) in [6, 6.07) is 9.10. The second kappa shape index (κ2) is 5.64. The minimum atomic E-state index is -0.738. The van der Waals surface area contributed by atoms with Crippen LogP contribution in [0, 0.1) is 11.3 Å². The number of hydrogen-bond acceptors (Lipinski definition) is 3. The van der Waals surface area contributed by atoms with E-state index in [1.54, 1.807) is 24.3 Å². The highest BCUT2D eigenvalue weighted by molar-refractivity contribution is 9.10. The van der Waals surface area contributed by atoms with E-state index in [9.17, 15) is 4.79 Å². The molecule has 0 aromatic heterocycles. The lowest BCUT2D eigenvalue weighted by molar-refractivity contribution is -0.122. The topological polar surface area (TPSA) is 50.1 Å². The zero-order valence-electron chi connectivity index (χ0n) is 8.24. The van der Waals surface area contributed by atoms with E-state index in [4.69, 9.17) is 10.00 Å². The molecule has 15 heavy (non-hydrogen) atoms. The molecule has 0 aliphatic heterocycles. The van der Waals surface area contributed by atoms with Gasteiger partial charge in [-0.1, -0.05) is 28.1 Å². The molecule has 0 aliphatic rings. The fourth-order valence-electron chi connectivity index (χ4n) is 1.21. The van der Waals surface area contributed by atoms with E-state index < -0.39 is 5.92 Å². The predicted octanol–water partition coefficient (Wildman–Crippen LogP) is 2.27. The van der Waals surface area contributed by atoms with Crippen LogP contribution in [-0.2, 0) is 9.53 Å². The van der Waals surface area contributed by atoms with Gasteiger partial charge in [-0.25, -0.2) is 0 Å². The SMILES string of the molecule is COCC(=O)C(C#N)c1ccc(Br)cc1. The minimum absolute atomic E-state index is 0.0334. The molecule has 0 heterocycles. The Bertz CT molecular complexity index is 381. The first-order valence-electron chi connectivity index (χ1n) is 4.35. The molecule has 0 saturated heterocycles. The Balaban J connectivity index is 2.89. The predicted molar refractivity (Wildman–Crippen MR) is 59.4 cm³/mol. The monoisotopic (exact) mass is 267 g/mol. The molecule has 0 radical (unpaired) electrons. The first kappa shape index (κ1) is 11.9. The molecule has 78 valence electrons. The molecule has 0 aliphatic carbocycles. The molecule has 3 nitrogen and oxygen atoms in total. The maximum Gasteiger partial charge on any atom is 0.179 e. The highest BCUT2D eigenvalue weighted by Gasteiger charge is 2.19. The summed E-state index contributed by atoms with van der Waals surface area (Å²) in [6.45, 7) is -0.0334. The largest absolute Gasteiger partial charge is 0.377 e. The fraction of sp³-hybridized carbons (Fsp3) is 0.273. The second-order valence-electron chi connectivity index (χ2n) is 3.01. The highest BCUT2D eigenvalue weighted by atomic mass is 79.9. The molecule has 1 atom stereocenters. The average Bonchev–Trinajstić information content (AvgIpc) is 2.22. The third-order valence-electron chi connectivity index (χ3n) is 1.94. The van der Waals surface area contributed by atoms with Crippen molar-refractivity contribution in [3.63, 3.8) is 0 Å². The van der Waals surface area contributed by atoms with E-state index in [2.05, 4.69) is 15.9 Å². The van der Waals surface area contributed by atoms with Crippen molar-refractivity contribution in [2.75, 3.05) is 13.7 Å². The molecule has 0 saturated carbocycles. The lowest BCUT2D eigenvalue weighted by atomic mass is 9.97.